The van der Waals surface area contributed by atoms with Crippen LogP contribution in [0.5, 0.6) is 0 Å². The second kappa shape index (κ2) is 5.99. The number of benzene rings is 1. The maximum atomic E-state index is 12.7. The van der Waals surface area contributed by atoms with Crippen LogP contribution in [0.2, 0.25) is 5.02 Å². The van der Waals surface area contributed by atoms with Gasteiger partial charge in [-0.1, -0.05) is 25.4 Å². The molecular formula is C17H18ClF3N2O. The molecule has 0 aliphatic carbocycles. The number of hydrogen-bond donors (Lipinski definition) is 1. The van der Waals surface area contributed by atoms with Gasteiger partial charge in [0, 0.05) is 35.6 Å². The van der Waals surface area contributed by atoms with Crippen molar-refractivity contribution in [3.8, 4) is 0 Å². The van der Waals surface area contributed by atoms with Crippen molar-refractivity contribution in [2.45, 2.75) is 44.8 Å². The lowest BCUT2D eigenvalue weighted by atomic mass is 9.92. The zero-order chi connectivity index (χ0) is 17.6. The molecule has 2 atom stereocenters. The molecular weight excluding hydrogens is 341 g/mol. The highest BCUT2D eigenvalue weighted by Crippen LogP contribution is 2.47. The quantitative estimate of drug-likeness (QED) is 0.852. The lowest BCUT2D eigenvalue weighted by molar-refractivity contribution is -0.132. The van der Waals surface area contributed by atoms with Crippen molar-refractivity contribution >= 4 is 28.2 Å². The third-order valence-corrected chi connectivity index (χ3v) is 5.07. The zero-order valence-electron chi connectivity index (χ0n) is 13.4. The van der Waals surface area contributed by atoms with Gasteiger partial charge in [0.2, 0.25) is 5.56 Å². The summed E-state index contributed by atoms with van der Waals surface area (Å²) in [5.74, 6) is 0.0327. The molecule has 0 bridgehead atoms. The molecule has 0 spiro atoms. The van der Waals surface area contributed by atoms with Crippen LogP contribution in [0.4, 0.5) is 18.9 Å². The Balaban J connectivity index is 2.14. The lowest BCUT2D eigenvalue weighted by Crippen LogP contribution is -2.35. The minimum Gasteiger partial charge on any atom is -0.367 e. The number of aromatic nitrogens is 1. The van der Waals surface area contributed by atoms with Crippen LogP contribution in [-0.4, -0.2) is 23.7 Å². The first kappa shape index (κ1) is 17.1. The molecule has 0 saturated carbocycles. The van der Waals surface area contributed by atoms with Crippen LogP contribution in [0.1, 0.15) is 38.2 Å². The van der Waals surface area contributed by atoms with E-state index in [1.54, 1.807) is 12.1 Å². The Kier molecular flexibility index (Phi) is 4.28. The van der Waals surface area contributed by atoms with Gasteiger partial charge in [-0.05, 0) is 24.1 Å². The third-order valence-electron chi connectivity index (χ3n) is 4.77. The summed E-state index contributed by atoms with van der Waals surface area (Å²) in [6, 6.07) is 4.80. The Morgan fingerprint density at radius 3 is 2.67 bits per heavy atom. The Morgan fingerprint density at radius 2 is 2.04 bits per heavy atom. The van der Waals surface area contributed by atoms with Gasteiger partial charge < -0.3 is 9.88 Å². The van der Waals surface area contributed by atoms with E-state index < -0.39 is 12.6 Å². The number of nitrogens with one attached hydrogen (secondary N) is 1. The molecule has 0 fully saturated rings. The second-order valence-electron chi connectivity index (χ2n) is 6.23. The molecule has 1 aliphatic heterocycles. The highest BCUT2D eigenvalue weighted by Gasteiger charge is 2.38. The van der Waals surface area contributed by atoms with Crippen LogP contribution in [0.15, 0.2) is 23.0 Å². The molecule has 3 nitrogen and oxygen atoms in total. The molecule has 0 saturated heterocycles. The third kappa shape index (κ3) is 2.88. The molecule has 1 N–H and O–H groups in total. The van der Waals surface area contributed by atoms with Gasteiger partial charge in [0.1, 0.15) is 0 Å². The predicted molar refractivity (Wildman–Crippen MR) is 90.1 cm³/mol. The number of anilines is 1. The Morgan fingerprint density at radius 1 is 1.33 bits per heavy atom. The largest absolute Gasteiger partial charge is 0.390 e. The molecule has 1 aliphatic rings. The van der Waals surface area contributed by atoms with Crippen molar-refractivity contribution in [3.05, 3.63) is 39.1 Å². The number of H-pyrrole nitrogens is 1. The van der Waals surface area contributed by atoms with E-state index in [9.17, 15) is 18.0 Å². The van der Waals surface area contributed by atoms with E-state index in [1.807, 2.05) is 18.7 Å². The fourth-order valence-electron chi connectivity index (χ4n) is 3.79. The van der Waals surface area contributed by atoms with Gasteiger partial charge in [0.25, 0.3) is 0 Å². The zero-order valence-corrected chi connectivity index (χ0v) is 14.1. The van der Waals surface area contributed by atoms with Crippen molar-refractivity contribution in [2.75, 3.05) is 11.4 Å². The van der Waals surface area contributed by atoms with E-state index in [0.29, 0.717) is 10.5 Å². The number of pyridine rings is 1. The number of hydrogen-bond acceptors (Lipinski definition) is 2. The van der Waals surface area contributed by atoms with E-state index in [1.165, 1.54) is 6.07 Å². The molecule has 3 rings (SSSR count). The minimum absolute atomic E-state index is 0.0176. The van der Waals surface area contributed by atoms with Crippen molar-refractivity contribution in [1.82, 2.24) is 4.98 Å². The number of nitrogens with zero attached hydrogens (tertiary/aromatic N) is 1. The van der Waals surface area contributed by atoms with Crippen molar-refractivity contribution in [3.63, 3.8) is 0 Å². The number of alkyl halides is 3. The van der Waals surface area contributed by atoms with Crippen LogP contribution in [0, 0.1) is 0 Å². The molecule has 1 aromatic carbocycles. The Labute approximate surface area is 142 Å². The molecule has 0 radical (unpaired) electrons. The Hall–Kier alpha value is -1.69. The van der Waals surface area contributed by atoms with Gasteiger partial charge in [0.05, 0.1) is 17.0 Å². The standard InChI is InChI=1S/C17H18ClF3N2O/c1-3-12-9(2)15-13(23(12)7-6-17(19,20)21)5-4-11-16(15)10(18)8-14(24)22-11/h4-5,8-9,12H,3,6-7H2,1-2H3,(H,22,24). The van der Waals surface area contributed by atoms with Gasteiger partial charge in [0.15, 0.2) is 0 Å². The first-order chi connectivity index (χ1) is 11.2. The van der Waals surface area contributed by atoms with Gasteiger partial charge in [-0.3, -0.25) is 4.79 Å². The number of rotatable bonds is 3. The molecule has 130 valence electrons. The summed E-state index contributed by atoms with van der Waals surface area (Å²) in [7, 11) is 0. The fraction of sp³-hybridized carbons (Fsp3) is 0.471. The second-order valence-corrected chi connectivity index (χ2v) is 6.63. The highest BCUT2D eigenvalue weighted by molar-refractivity contribution is 6.35. The van der Waals surface area contributed by atoms with Crippen LogP contribution in [-0.2, 0) is 0 Å². The maximum absolute atomic E-state index is 12.7. The van der Waals surface area contributed by atoms with Crippen molar-refractivity contribution in [1.29, 1.82) is 0 Å². The average Bonchev–Trinajstić information content (AvgIpc) is 2.75. The summed E-state index contributed by atoms with van der Waals surface area (Å²) >= 11 is 6.28. The minimum atomic E-state index is -4.19. The van der Waals surface area contributed by atoms with Crippen LogP contribution < -0.4 is 10.5 Å². The molecule has 2 heterocycles. The van der Waals surface area contributed by atoms with Gasteiger partial charge in [-0.15, -0.1) is 0 Å². The van der Waals surface area contributed by atoms with Crippen LogP contribution in [0.3, 0.4) is 0 Å². The molecule has 24 heavy (non-hydrogen) atoms. The topological polar surface area (TPSA) is 36.1 Å². The van der Waals surface area contributed by atoms with E-state index in [0.717, 1.165) is 23.1 Å². The SMILES string of the molecule is CCC1C(C)c2c(ccc3[nH]c(=O)cc(Cl)c23)N1CCC(F)(F)F. The molecule has 0 amide bonds. The van der Waals surface area contributed by atoms with E-state index in [-0.39, 0.29) is 24.1 Å². The van der Waals surface area contributed by atoms with E-state index >= 15 is 0 Å². The lowest BCUT2D eigenvalue weighted by Gasteiger charge is -2.29. The summed E-state index contributed by atoms with van der Waals surface area (Å²) < 4.78 is 38.1. The average molecular weight is 359 g/mol. The normalized spacial score (nSPS) is 20.7. The van der Waals surface area contributed by atoms with E-state index in [4.69, 9.17) is 11.6 Å². The number of halogens is 4. The fourth-order valence-corrected chi connectivity index (χ4v) is 4.09. The van der Waals surface area contributed by atoms with Crippen LogP contribution in [0.25, 0.3) is 10.9 Å². The molecule has 1 aromatic heterocycles. The Bertz CT molecular complexity index is 831. The highest BCUT2D eigenvalue weighted by atomic mass is 35.5. The summed E-state index contributed by atoms with van der Waals surface area (Å²) in [6.07, 6.45) is -4.31. The number of aromatic amines is 1. The molecule has 7 heteroatoms. The summed E-state index contributed by atoms with van der Waals surface area (Å²) in [6.45, 7) is 3.90. The predicted octanol–water partition coefficient (Wildman–Crippen LogP) is 4.84. The van der Waals surface area contributed by atoms with Crippen molar-refractivity contribution < 1.29 is 13.2 Å². The maximum Gasteiger partial charge on any atom is 0.390 e. The monoisotopic (exact) mass is 358 g/mol. The molecule has 2 unspecified atom stereocenters. The number of fused-ring (bicyclic) bond motifs is 3. The van der Waals surface area contributed by atoms with Gasteiger partial charge >= 0.3 is 6.18 Å². The van der Waals surface area contributed by atoms with E-state index in [2.05, 4.69) is 4.98 Å². The van der Waals surface area contributed by atoms with Gasteiger partial charge in [-0.2, -0.15) is 13.2 Å². The summed E-state index contributed by atoms with van der Waals surface area (Å²) in [5, 5.41) is 1.07. The summed E-state index contributed by atoms with van der Waals surface area (Å²) in [5.41, 5.74) is 2.02. The molecule has 2 aromatic rings. The summed E-state index contributed by atoms with van der Waals surface area (Å²) in [4.78, 5) is 16.2. The smallest absolute Gasteiger partial charge is 0.367 e. The van der Waals surface area contributed by atoms with Gasteiger partial charge in [-0.25, -0.2) is 0 Å². The first-order valence-electron chi connectivity index (χ1n) is 7.91. The first-order valence-corrected chi connectivity index (χ1v) is 8.29. The van der Waals surface area contributed by atoms with Crippen molar-refractivity contribution in [2.24, 2.45) is 0 Å². The van der Waals surface area contributed by atoms with Crippen LogP contribution >= 0.6 is 11.6 Å².